The van der Waals surface area contributed by atoms with Crippen molar-refractivity contribution in [1.82, 2.24) is 20.5 Å². The quantitative estimate of drug-likeness (QED) is 0.266. The van der Waals surface area contributed by atoms with Gasteiger partial charge in [0.25, 0.3) is 5.91 Å². The van der Waals surface area contributed by atoms with E-state index in [9.17, 15) is 36.8 Å². The first-order valence-corrected chi connectivity index (χ1v) is 13.2. The second kappa shape index (κ2) is 11.1. The molecule has 13 heteroatoms. The van der Waals surface area contributed by atoms with E-state index < -0.39 is 48.6 Å². The number of benzene rings is 2. The van der Waals surface area contributed by atoms with Gasteiger partial charge in [0.1, 0.15) is 17.6 Å². The van der Waals surface area contributed by atoms with Crippen LogP contribution in [0.3, 0.4) is 0 Å². The van der Waals surface area contributed by atoms with Gasteiger partial charge < -0.3 is 20.0 Å². The molecule has 2 aromatic carbocycles. The molecular formula is C29H26F5N5O3. The SMILES string of the molecule is C=C(C(=O)NC(c1nc2cc(CN3CC(C(F)(F)F)NC3=O)ccc2o1)C1CCC(F)(F)CC1)c1cccc(C#N)c1. The average molecular weight is 588 g/mol. The molecule has 2 heterocycles. The average Bonchev–Trinajstić information content (AvgIpc) is 3.54. The predicted molar refractivity (Wildman–Crippen MR) is 141 cm³/mol. The number of carbonyl (C=O) groups excluding carboxylic acids is 2. The first kappa shape index (κ1) is 29.0. The molecule has 3 amide bonds. The minimum absolute atomic E-state index is 0.0673. The van der Waals surface area contributed by atoms with Crippen LogP contribution in [0.2, 0.25) is 0 Å². The number of carbonyl (C=O) groups is 2. The molecule has 0 radical (unpaired) electrons. The summed E-state index contributed by atoms with van der Waals surface area (Å²) in [5.74, 6) is -3.74. The second-order valence-electron chi connectivity index (χ2n) is 10.6. The Morgan fingerprint density at radius 3 is 2.64 bits per heavy atom. The minimum Gasteiger partial charge on any atom is -0.438 e. The smallest absolute Gasteiger partial charge is 0.410 e. The van der Waals surface area contributed by atoms with E-state index in [4.69, 9.17) is 4.42 Å². The Hall–Kier alpha value is -4.47. The molecule has 2 unspecified atom stereocenters. The summed E-state index contributed by atoms with van der Waals surface area (Å²) in [6.45, 7) is 3.21. The number of hydrogen-bond donors (Lipinski definition) is 2. The summed E-state index contributed by atoms with van der Waals surface area (Å²) in [4.78, 5) is 30.9. The van der Waals surface area contributed by atoms with Crippen molar-refractivity contribution in [3.63, 3.8) is 0 Å². The van der Waals surface area contributed by atoms with E-state index >= 15 is 0 Å². The Kier molecular flexibility index (Phi) is 7.66. The summed E-state index contributed by atoms with van der Waals surface area (Å²) in [5, 5.41) is 13.9. The lowest BCUT2D eigenvalue weighted by Gasteiger charge is -2.32. The Labute approximate surface area is 237 Å². The molecule has 2 aliphatic rings. The molecule has 1 saturated carbocycles. The zero-order valence-electron chi connectivity index (χ0n) is 22.2. The number of nitriles is 1. The van der Waals surface area contributed by atoms with Gasteiger partial charge in [0.15, 0.2) is 5.58 Å². The zero-order valence-corrected chi connectivity index (χ0v) is 22.2. The lowest BCUT2D eigenvalue weighted by molar-refractivity contribution is -0.149. The summed E-state index contributed by atoms with van der Waals surface area (Å²) in [7, 11) is 0. The standard InChI is InChI=1S/C29H26F5N5O3/c1-16(20-4-2-3-17(11-20)13-35)25(40)38-24(19-7-9-28(30,31)10-8-19)26-36-21-12-18(5-6-22(21)42-26)14-39-15-23(29(32,33)34)37-27(39)41/h2-6,11-12,19,23-24H,1,7-10,14-15H2,(H,37,41)(H,38,40). The minimum atomic E-state index is -4.57. The number of aromatic nitrogens is 1. The fourth-order valence-electron chi connectivity index (χ4n) is 5.27. The molecule has 2 fully saturated rings. The van der Waals surface area contributed by atoms with Crippen LogP contribution in [-0.4, -0.2) is 46.5 Å². The maximum absolute atomic E-state index is 14.0. The maximum Gasteiger partial charge on any atom is 0.410 e. The van der Waals surface area contributed by atoms with Gasteiger partial charge in [-0.3, -0.25) is 4.79 Å². The van der Waals surface area contributed by atoms with Crippen molar-refractivity contribution in [1.29, 1.82) is 5.26 Å². The Balaban J connectivity index is 1.39. The van der Waals surface area contributed by atoms with E-state index in [1.54, 1.807) is 36.4 Å². The van der Waals surface area contributed by atoms with Crippen LogP contribution < -0.4 is 10.6 Å². The number of fused-ring (bicyclic) bond motifs is 1. The van der Waals surface area contributed by atoms with Crippen LogP contribution in [0.25, 0.3) is 16.7 Å². The van der Waals surface area contributed by atoms with Crippen LogP contribution in [0.1, 0.15) is 54.3 Å². The van der Waals surface area contributed by atoms with Gasteiger partial charge in [0, 0.05) is 25.0 Å². The molecule has 1 aliphatic heterocycles. The third-order valence-corrected chi connectivity index (χ3v) is 7.63. The van der Waals surface area contributed by atoms with E-state index in [-0.39, 0.29) is 43.7 Å². The van der Waals surface area contributed by atoms with Crippen molar-refractivity contribution in [2.45, 2.75) is 56.4 Å². The zero-order chi connectivity index (χ0) is 30.2. The molecule has 2 atom stereocenters. The van der Waals surface area contributed by atoms with Gasteiger partial charge in [-0.1, -0.05) is 24.8 Å². The van der Waals surface area contributed by atoms with Crippen LogP contribution in [0, 0.1) is 17.2 Å². The van der Waals surface area contributed by atoms with Crippen LogP contribution in [0.4, 0.5) is 26.7 Å². The highest BCUT2D eigenvalue weighted by Crippen LogP contribution is 2.42. The number of oxazole rings is 1. The van der Waals surface area contributed by atoms with Gasteiger partial charge in [0.05, 0.1) is 18.2 Å². The molecular weight excluding hydrogens is 561 g/mol. The third kappa shape index (κ3) is 6.22. The number of hydrogen-bond acceptors (Lipinski definition) is 5. The molecule has 42 heavy (non-hydrogen) atoms. The molecule has 1 saturated heterocycles. The Bertz CT molecular complexity index is 1570. The van der Waals surface area contributed by atoms with E-state index in [1.165, 1.54) is 6.07 Å². The monoisotopic (exact) mass is 587 g/mol. The second-order valence-corrected chi connectivity index (χ2v) is 10.6. The van der Waals surface area contributed by atoms with Crippen LogP contribution in [0.15, 0.2) is 53.5 Å². The lowest BCUT2D eigenvalue weighted by atomic mass is 9.81. The number of nitrogens with one attached hydrogen (secondary N) is 2. The number of urea groups is 1. The van der Waals surface area contributed by atoms with Crippen LogP contribution in [-0.2, 0) is 11.3 Å². The number of amides is 3. The topological polar surface area (TPSA) is 111 Å². The van der Waals surface area contributed by atoms with Gasteiger partial charge in [-0.25, -0.2) is 18.6 Å². The molecule has 0 bridgehead atoms. The van der Waals surface area contributed by atoms with E-state index in [2.05, 4.69) is 16.9 Å². The van der Waals surface area contributed by atoms with Crippen molar-refractivity contribution < 1.29 is 36.0 Å². The van der Waals surface area contributed by atoms with Crippen molar-refractivity contribution >= 4 is 28.6 Å². The van der Waals surface area contributed by atoms with Gasteiger partial charge in [0.2, 0.25) is 11.8 Å². The fourth-order valence-corrected chi connectivity index (χ4v) is 5.27. The molecule has 1 aromatic heterocycles. The highest BCUT2D eigenvalue weighted by Gasteiger charge is 2.47. The van der Waals surface area contributed by atoms with E-state index in [1.807, 2.05) is 11.4 Å². The number of alkyl halides is 5. The fraction of sp³-hybridized carbons (Fsp3) is 0.379. The number of nitrogens with zero attached hydrogens (tertiary/aromatic N) is 3. The molecule has 3 aromatic rings. The number of halogens is 5. The summed E-state index contributed by atoms with van der Waals surface area (Å²) < 4.78 is 73.0. The lowest BCUT2D eigenvalue weighted by Crippen LogP contribution is -2.40. The molecule has 220 valence electrons. The largest absolute Gasteiger partial charge is 0.438 e. The van der Waals surface area contributed by atoms with Crippen molar-refractivity contribution in [2.24, 2.45) is 5.92 Å². The first-order valence-electron chi connectivity index (χ1n) is 13.2. The summed E-state index contributed by atoms with van der Waals surface area (Å²) in [6, 6.07) is 9.35. The Morgan fingerprint density at radius 2 is 1.98 bits per heavy atom. The molecule has 2 N–H and O–H groups in total. The normalized spacial score (nSPS) is 19.8. The van der Waals surface area contributed by atoms with E-state index in [0.717, 1.165) is 4.90 Å². The van der Waals surface area contributed by atoms with Crippen LogP contribution >= 0.6 is 0 Å². The number of rotatable bonds is 7. The highest BCUT2D eigenvalue weighted by molar-refractivity contribution is 6.18. The van der Waals surface area contributed by atoms with Gasteiger partial charge in [-0.05, 0) is 54.2 Å². The summed E-state index contributed by atoms with van der Waals surface area (Å²) >= 11 is 0. The van der Waals surface area contributed by atoms with Crippen molar-refractivity contribution in [3.8, 4) is 6.07 Å². The van der Waals surface area contributed by atoms with Gasteiger partial charge in [-0.2, -0.15) is 18.4 Å². The highest BCUT2D eigenvalue weighted by atomic mass is 19.4. The van der Waals surface area contributed by atoms with Gasteiger partial charge in [-0.15, -0.1) is 0 Å². The summed E-state index contributed by atoms with van der Waals surface area (Å²) in [5.41, 5.74) is 1.97. The maximum atomic E-state index is 14.0. The summed E-state index contributed by atoms with van der Waals surface area (Å²) in [6.07, 6.45) is -5.10. The predicted octanol–water partition coefficient (Wildman–Crippen LogP) is 5.85. The molecule has 8 nitrogen and oxygen atoms in total. The molecule has 0 spiro atoms. The van der Waals surface area contributed by atoms with Crippen molar-refractivity contribution in [2.75, 3.05) is 6.54 Å². The first-order chi connectivity index (χ1) is 19.8. The third-order valence-electron chi connectivity index (χ3n) is 7.63. The van der Waals surface area contributed by atoms with Crippen molar-refractivity contribution in [3.05, 3.63) is 71.6 Å². The molecule has 5 rings (SSSR count). The van der Waals surface area contributed by atoms with Crippen LogP contribution in [0.5, 0.6) is 0 Å². The van der Waals surface area contributed by atoms with E-state index in [0.29, 0.717) is 27.8 Å². The Morgan fingerprint density at radius 1 is 1.24 bits per heavy atom. The molecule has 1 aliphatic carbocycles. The van der Waals surface area contributed by atoms with Gasteiger partial charge >= 0.3 is 12.2 Å².